The summed E-state index contributed by atoms with van der Waals surface area (Å²) in [4.78, 5) is 25.3. The van der Waals surface area contributed by atoms with Gasteiger partial charge in [0.15, 0.2) is 0 Å². The standard InChI is InChI=1S/C13H23N3O3/c14-15-13(18)11-7-6-10(19-11)9-16-8-4-2-1-3-5-12(16)17/h10-11H,1-9,14H2,(H,15,18). The van der Waals surface area contributed by atoms with Crippen LogP contribution in [0.25, 0.3) is 0 Å². The molecule has 0 aromatic carbocycles. The molecule has 108 valence electrons. The van der Waals surface area contributed by atoms with Crippen LogP contribution in [-0.2, 0) is 14.3 Å². The minimum Gasteiger partial charge on any atom is -0.363 e. The number of ether oxygens (including phenoxy) is 1. The highest BCUT2D eigenvalue weighted by Crippen LogP contribution is 2.22. The fourth-order valence-corrected chi connectivity index (χ4v) is 2.78. The average molecular weight is 269 g/mol. The van der Waals surface area contributed by atoms with E-state index in [-0.39, 0.29) is 17.9 Å². The van der Waals surface area contributed by atoms with Crippen molar-refractivity contribution in [1.82, 2.24) is 10.3 Å². The van der Waals surface area contributed by atoms with Gasteiger partial charge in [0.2, 0.25) is 5.91 Å². The summed E-state index contributed by atoms with van der Waals surface area (Å²) < 4.78 is 5.65. The smallest absolute Gasteiger partial charge is 0.263 e. The van der Waals surface area contributed by atoms with Gasteiger partial charge in [-0.25, -0.2) is 5.84 Å². The number of nitrogens with zero attached hydrogens (tertiary/aromatic N) is 1. The number of rotatable bonds is 3. The molecule has 2 aliphatic rings. The molecule has 2 rings (SSSR count). The third-order valence-electron chi connectivity index (χ3n) is 3.89. The van der Waals surface area contributed by atoms with E-state index in [1.54, 1.807) is 0 Å². The maximum Gasteiger partial charge on any atom is 0.263 e. The van der Waals surface area contributed by atoms with E-state index in [0.29, 0.717) is 19.4 Å². The number of nitrogens with one attached hydrogen (secondary N) is 1. The van der Waals surface area contributed by atoms with Crippen LogP contribution in [0.15, 0.2) is 0 Å². The van der Waals surface area contributed by atoms with E-state index in [9.17, 15) is 9.59 Å². The first-order chi connectivity index (χ1) is 9.20. The molecule has 0 saturated carbocycles. The summed E-state index contributed by atoms with van der Waals surface area (Å²) >= 11 is 0. The van der Waals surface area contributed by atoms with Crippen LogP contribution < -0.4 is 11.3 Å². The van der Waals surface area contributed by atoms with Crippen LogP contribution >= 0.6 is 0 Å². The van der Waals surface area contributed by atoms with Gasteiger partial charge in [-0.3, -0.25) is 15.0 Å². The van der Waals surface area contributed by atoms with Crippen molar-refractivity contribution >= 4 is 11.8 Å². The lowest BCUT2D eigenvalue weighted by Crippen LogP contribution is -2.41. The molecule has 0 aromatic rings. The van der Waals surface area contributed by atoms with E-state index in [0.717, 1.165) is 32.2 Å². The zero-order chi connectivity index (χ0) is 13.7. The Morgan fingerprint density at radius 2 is 2.11 bits per heavy atom. The second-order valence-corrected chi connectivity index (χ2v) is 5.34. The summed E-state index contributed by atoms with van der Waals surface area (Å²) in [6.07, 6.45) is 6.01. The summed E-state index contributed by atoms with van der Waals surface area (Å²) in [5.41, 5.74) is 2.11. The van der Waals surface area contributed by atoms with Gasteiger partial charge in [-0.15, -0.1) is 0 Å². The lowest BCUT2D eigenvalue weighted by atomic mass is 10.1. The van der Waals surface area contributed by atoms with Gasteiger partial charge >= 0.3 is 0 Å². The summed E-state index contributed by atoms with van der Waals surface area (Å²) in [7, 11) is 0. The Hall–Kier alpha value is -1.14. The molecule has 2 fully saturated rings. The molecular formula is C13H23N3O3. The molecule has 0 aliphatic carbocycles. The van der Waals surface area contributed by atoms with E-state index < -0.39 is 6.10 Å². The van der Waals surface area contributed by atoms with Crippen LogP contribution in [0, 0.1) is 0 Å². The van der Waals surface area contributed by atoms with E-state index in [2.05, 4.69) is 5.43 Å². The predicted octanol–water partition coefficient (Wildman–Crippen LogP) is 0.317. The molecule has 19 heavy (non-hydrogen) atoms. The lowest BCUT2D eigenvalue weighted by molar-refractivity contribution is -0.136. The molecule has 2 heterocycles. The fraction of sp³-hybridized carbons (Fsp3) is 0.846. The van der Waals surface area contributed by atoms with E-state index in [1.807, 2.05) is 4.90 Å². The van der Waals surface area contributed by atoms with E-state index in [4.69, 9.17) is 10.6 Å². The summed E-state index contributed by atoms with van der Waals surface area (Å²) in [5.74, 6) is 5.04. The van der Waals surface area contributed by atoms with Gasteiger partial charge < -0.3 is 9.64 Å². The second-order valence-electron chi connectivity index (χ2n) is 5.34. The number of hydrogen-bond donors (Lipinski definition) is 2. The molecule has 6 heteroatoms. The molecule has 2 aliphatic heterocycles. The van der Waals surface area contributed by atoms with Crippen molar-refractivity contribution in [2.24, 2.45) is 5.84 Å². The Kier molecular flexibility index (Phi) is 5.15. The van der Waals surface area contributed by atoms with Crippen LogP contribution in [0.3, 0.4) is 0 Å². The third kappa shape index (κ3) is 3.91. The van der Waals surface area contributed by atoms with Crippen LogP contribution in [0.1, 0.15) is 44.9 Å². The van der Waals surface area contributed by atoms with Crippen molar-refractivity contribution < 1.29 is 14.3 Å². The molecule has 2 amide bonds. The maximum absolute atomic E-state index is 12.0. The van der Waals surface area contributed by atoms with Crippen molar-refractivity contribution in [2.75, 3.05) is 13.1 Å². The fourth-order valence-electron chi connectivity index (χ4n) is 2.78. The number of hydrogen-bond acceptors (Lipinski definition) is 4. The number of hydrazine groups is 1. The van der Waals surface area contributed by atoms with Crippen LogP contribution in [0.2, 0.25) is 0 Å². The van der Waals surface area contributed by atoms with Gasteiger partial charge in [0.05, 0.1) is 6.10 Å². The van der Waals surface area contributed by atoms with Crippen molar-refractivity contribution in [3.05, 3.63) is 0 Å². The van der Waals surface area contributed by atoms with Crippen LogP contribution in [0.5, 0.6) is 0 Å². The van der Waals surface area contributed by atoms with Gasteiger partial charge in [-0.05, 0) is 25.7 Å². The molecule has 6 nitrogen and oxygen atoms in total. The molecule has 0 spiro atoms. The number of amides is 2. The minimum absolute atomic E-state index is 0.0364. The summed E-state index contributed by atoms with van der Waals surface area (Å²) in [5, 5.41) is 0. The van der Waals surface area contributed by atoms with Crippen molar-refractivity contribution in [2.45, 2.75) is 57.2 Å². The van der Waals surface area contributed by atoms with E-state index in [1.165, 1.54) is 6.42 Å². The molecule has 2 atom stereocenters. The predicted molar refractivity (Wildman–Crippen MR) is 69.9 cm³/mol. The van der Waals surface area contributed by atoms with Gasteiger partial charge in [0.1, 0.15) is 6.10 Å². The molecule has 3 N–H and O–H groups in total. The number of carbonyl (C=O) groups excluding carboxylic acids is 2. The van der Waals surface area contributed by atoms with Crippen molar-refractivity contribution in [1.29, 1.82) is 0 Å². The molecule has 0 aromatic heterocycles. The maximum atomic E-state index is 12.0. The lowest BCUT2D eigenvalue weighted by Gasteiger charge is -2.27. The Labute approximate surface area is 113 Å². The summed E-state index contributed by atoms with van der Waals surface area (Å²) in [6, 6.07) is 0. The molecule has 0 bridgehead atoms. The second kappa shape index (κ2) is 6.86. The normalized spacial score (nSPS) is 28.9. The highest BCUT2D eigenvalue weighted by molar-refractivity contribution is 5.80. The van der Waals surface area contributed by atoms with Gasteiger partial charge in [-0.2, -0.15) is 0 Å². The zero-order valence-electron chi connectivity index (χ0n) is 11.3. The van der Waals surface area contributed by atoms with Crippen molar-refractivity contribution in [3.8, 4) is 0 Å². The Balaban J connectivity index is 1.83. The molecule has 2 unspecified atom stereocenters. The monoisotopic (exact) mass is 269 g/mol. The first kappa shape index (κ1) is 14.3. The van der Waals surface area contributed by atoms with Crippen molar-refractivity contribution in [3.63, 3.8) is 0 Å². The first-order valence-corrected chi connectivity index (χ1v) is 7.14. The Morgan fingerprint density at radius 3 is 2.89 bits per heavy atom. The number of likely N-dealkylation sites (tertiary alicyclic amines) is 1. The zero-order valence-corrected chi connectivity index (χ0v) is 11.3. The van der Waals surface area contributed by atoms with Crippen LogP contribution in [0.4, 0.5) is 0 Å². The first-order valence-electron chi connectivity index (χ1n) is 7.14. The van der Waals surface area contributed by atoms with E-state index >= 15 is 0 Å². The van der Waals surface area contributed by atoms with Gasteiger partial charge in [0, 0.05) is 19.5 Å². The highest BCUT2D eigenvalue weighted by atomic mass is 16.5. The topological polar surface area (TPSA) is 84.7 Å². The highest BCUT2D eigenvalue weighted by Gasteiger charge is 2.32. The molecule has 0 radical (unpaired) electrons. The van der Waals surface area contributed by atoms with Gasteiger partial charge in [0.25, 0.3) is 5.91 Å². The number of nitrogens with two attached hydrogens (primary N) is 1. The summed E-state index contributed by atoms with van der Waals surface area (Å²) in [6.45, 7) is 1.42. The molecular weight excluding hydrogens is 246 g/mol. The quantitative estimate of drug-likeness (QED) is 0.439. The number of carbonyl (C=O) groups is 2. The molecule has 2 saturated heterocycles. The minimum atomic E-state index is -0.458. The average Bonchev–Trinajstić information content (AvgIpc) is 2.86. The Bertz CT molecular complexity index is 335. The Morgan fingerprint density at radius 1 is 1.32 bits per heavy atom. The largest absolute Gasteiger partial charge is 0.363 e. The van der Waals surface area contributed by atoms with Crippen LogP contribution in [-0.4, -0.2) is 42.0 Å². The van der Waals surface area contributed by atoms with Gasteiger partial charge in [-0.1, -0.05) is 12.8 Å². The third-order valence-corrected chi connectivity index (χ3v) is 3.89. The SMILES string of the molecule is NNC(=O)C1CCC(CN2CCCCCCC2=O)O1.